The maximum absolute atomic E-state index is 12.8. The normalized spacial score (nSPS) is 20.6. The molecule has 5 N–H and O–H groups in total. The van der Waals surface area contributed by atoms with Gasteiger partial charge in [0.25, 0.3) is 0 Å². The predicted molar refractivity (Wildman–Crippen MR) is 107 cm³/mol. The number of anilines is 1. The van der Waals surface area contributed by atoms with Gasteiger partial charge in [-0.15, -0.1) is 0 Å². The third-order valence-electron chi connectivity index (χ3n) is 5.26. The number of aliphatic hydroxyl groups is 5. The molecular weight excluding hydrogens is 396 g/mol. The SMILES string of the molecule is COc1ccc(C)cc1N1CC(C(=O)N(C)CC(O)C(O)C(O)C(O)CO)CC1=O. The molecule has 0 aromatic heterocycles. The number of amides is 2. The number of aliphatic hydroxyl groups excluding tert-OH is 5. The molecule has 1 aromatic carbocycles. The van der Waals surface area contributed by atoms with Gasteiger partial charge in [0, 0.05) is 26.6 Å². The van der Waals surface area contributed by atoms with E-state index in [2.05, 4.69) is 0 Å². The van der Waals surface area contributed by atoms with Crippen molar-refractivity contribution in [2.75, 3.05) is 38.8 Å². The first-order chi connectivity index (χ1) is 14.1. The summed E-state index contributed by atoms with van der Waals surface area (Å²) in [7, 11) is 2.91. The van der Waals surface area contributed by atoms with E-state index in [0.717, 1.165) is 5.56 Å². The molecule has 1 aliphatic rings. The zero-order chi connectivity index (χ0) is 22.6. The molecule has 1 aromatic rings. The molecule has 168 valence electrons. The second-order valence-electron chi connectivity index (χ2n) is 7.60. The van der Waals surface area contributed by atoms with Crippen LogP contribution in [0.2, 0.25) is 0 Å². The highest BCUT2D eigenvalue weighted by Gasteiger charge is 2.39. The van der Waals surface area contributed by atoms with Crippen LogP contribution in [0.5, 0.6) is 5.75 Å². The lowest BCUT2D eigenvalue weighted by atomic mass is 10.0. The molecule has 1 heterocycles. The second-order valence-corrected chi connectivity index (χ2v) is 7.60. The van der Waals surface area contributed by atoms with Crippen molar-refractivity contribution in [2.45, 2.75) is 37.8 Å². The van der Waals surface area contributed by atoms with Gasteiger partial charge in [0.2, 0.25) is 11.8 Å². The summed E-state index contributed by atoms with van der Waals surface area (Å²) in [4.78, 5) is 28.0. The van der Waals surface area contributed by atoms with E-state index >= 15 is 0 Å². The van der Waals surface area contributed by atoms with Crippen molar-refractivity contribution in [2.24, 2.45) is 5.92 Å². The highest BCUT2D eigenvalue weighted by molar-refractivity contribution is 6.01. The van der Waals surface area contributed by atoms with Gasteiger partial charge in [-0.25, -0.2) is 0 Å². The van der Waals surface area contributed by atoms with E-state index in [1.54, 1.807) is 12.1 Å². The maximum atomic E-state index is 12.8. The standard InChI is InChI=1S/C20H30N2O8/c1-11-4-5-16(30-3)13(6-11)22-8-12(7-17(22)26)20(29)21(2)9-14(24)18(27)19(28)15(25)10-23/h4-6,12,14-15,18-19,23-25,27-28H,7-10H2,1-3H3. The van der Waals surface area contributed by atoms with Crippen LogP contribution in [-0.2, 0) is 9.59 Å². The molecular formula is C20H30N2O8. The largest absolute Gasteiger partial charge is 0.495 e. The Morgan fingerprint density at radius 1 is 1.23 bits per heavy atom. The molecule has 0 saturated carbocycles. The summed E-state index contributed by atoms with van der Waals surface area (Å²) in [6, 6.07) is 5.42. The third-order valence-corrected chi connectivity index (χ3v) is 5.26. The number of carbonyl (C=O) groups is 2. The number of ether oxygens (including phenoxy) is 1. The number of likely N-dealkylation sites (N-methyl/N-ethyl adjacent to an activating group) is 1. The van der Waals surface area contributed by atoms with Crippen LogP contribution in [0.1, 0.15) is 12.0 Å². The quantitative estimate of drug-likeness (QED) is 0.312. The number of rotatable bonds is 9. The fourth-order valence-corrected chi connectivity index (χ4v) is 3.47. The van der Waals surface area contributed by atoms with Crippen molar-refractivity contribution in [3.63, 3.8) is 0 Å². The number of hydrogen-bond acceptors (Lipinski definition) is 8. The molecule has 1 saturated heterocycles. The highest BCUT2D eigenvalue weighted by Crippen LogP contribution is 2.34. The van der Waals surface area contributed by atoms with Crippen LogP contribution in [0.15, 0.2) is 18.2 Å². The molecule has 2 rings (SSSR count). The lowest BCUT2D eigenvalue weighted by Gasteiger charge is -2.29. The predicted octanol–water partition coefficient (Wildman–Crippen LogP) is -1.75. The van der Waals surface area contributed by atoms with E-state index in [9.17, 15) is 30.0 Å². The van der Waals surface area contributed by atoms with Crippen molar-refractivity contribution in [1.82, 2.24) is 4.90 Å². The molecule has 0 spiro atoms. The Hall–Kier alpha value is -2.24. The number of benzene rings is 1. The lowest BCUT2D eigenvalue weighted by Crippen LogP contribution is -2.50. The fourth-order valence-electron chi connectivity index (χ4n) is 3.47. The minimum absolute atomic E-state index is 0.00916. The summed E-state index contributed by atoms with van der Waals surface area (Å²) >= 11 is 0. The van der Waals surface area contributed by atoms with Crippen LogP contribution in [0, 0.1) is 12.8 Å². The van der Waals surface area contributed by atoms with Crippen molar-refractivity contribution in [3.8, 4) is 5.75 Å². The fraction of sp³-hybridized carbons (Fsp3) is 0.600. The Morgan fingerprint density at radius 2 is 1.87 bits per heavy atom. The molecule has 30 heavy (non-hydrogen) atoms. The smallest absolute Gasteiger partial charge is 0.227 e. The van der Waals surface area contributed by atoms with Gasteiger partial charge in [0.1, 0.15) is 30.2 Å². The Bertz CT molecular complexity index is 758. The van der Waals surface area contributed by atoms with E-state index in [1.165, 1.54) is 24.0 Å². The average molecular weight is 426 g/mol. The molecule has 0 radical (unpaired) electrons. The van der Waals surface area contributed by atoms with Crippen LogP contribution in [0.4, 0.5) is 5.69 Å². The minimum Gasteiger partial charge on any atom is -0.495 e. The van der Waals surface area contributed by atoms with E-state index in [0.29, 0.717) is 11.4 Å². The lowest BCUT2D eigenvalue weighted by molar-refractivity contribution is -0.141. The summed E-state index contributed by atoms with van der Waals surface area (Å²) in [5.74, 6) is -0.760. The zero-order valence-electron chi connectivity index (χ0n) is 17.3. The molecule has 5 unspecified atom stereocenters. The van der Waals surface area contributed by atoms with Gasteiger partial charge in [0.15, 0.2) is 0 Å². The summed E-state index contributed by atoms with van der Waals surface area (Å²) < 4.78 is 5.32. The number of methoxy groups -OCH3 is 1. The van der Waals surface area contributed by atoms with Crippen LogP contribution in [0.25, 0.3) is 0 Å². The van der Waals surface area contributed by atoms with Crippen LogP contribution < -0.4 is 9.64 Å². The van der Waals surface area contributed by atoms with Crippen molar-refractivity contribution in [1.29, 1.82) is 0 Å². The van der Waals surface area contributed by atoms with Gasteiger partial charge >= 0.3 is 0 Å². The first-order valence-electron chi connectivity index (χ1n) is 9.63. The molecule has 2 amide bonds. The van der Waals surface area contributed by atoms with E-state index in [-0.39, 0.29) is 25.4 Å². The molecule has 5 atom stereocenters. The van der Waals surface area contributed by atoms with Gasteiger partial charge in [-0.05, 0) is 24.6 Å². The van der Waals surface area contributed by atoms with Crippen LogP contribution in [-0.4, -0.2) is 101 Å². The van der Waals surface area contributed by atoms with Gasteiger partial charge < -0.3 is 40.1 Å². The molecule has 0 aliphatic carbocycles. The summed E-state index contributed by atoms with van der Waals surface area (Å²) in [5, 5.41) is 47.9. The monoisotopic (exact) mass is 426 g/mol. The molecule has 1 fully saturated rings. The number of hydrogen-bond donors (Lipinski definition) is 5. The van der Waals surface area contributed by atoms with Gasteiger partial charge in [-0.3, -0.25) is 9.59 Å². The number of carbonyl (C=O) groups excluding carboxylic acids is 2. The Morgan fingerprint density at radius 3 is 2.47 bits per heavy atom. The van der Waals surface area contributed by atoms with Gasteiger partial charge in [-0.2, -0.15) is 0 Å². The van der Waals surface area contributed by atoms with Crippen molar-refractivity contribution < 1.29 is 39.9 Å². The van der Waals surface area contributed by atoms with E-state index in [1.807, 2.05) is 13.0 Å². The topological polar surface area (TPSA) is 151 Å². The van der Waals surface area contributed by atoms with E-state index < -0.39 is 42.8 Å². The first-order valence-corrected chi connectivity index (χ1v) is 9.63. The average Bonchev–Trinajstić information content (AvgIpc) is 3.12. The maximum Gasteiger partial charge on any atom is 0.227 e. The Labute approximate surface area is 174 Å². The number of aryl methyl sites for hydroxylation is 1. The molecule has 10 heteroatoms. The Kier molecular flexibility index (Phi) is 8.16. The zero-order valence-corrected chi connectivity index (χ0v) is 17.3. The Balaban J connectivity index is 2.04. The van der Waals surface area contributed by atoms with Crippen LogP contribution >= 0.6 is 0 Å². The second kappa shape index (κ2) is 10.2. The molecule has 10 nitrogen and oxygen atoms in total. The van der Waals surface area contributed by atoms with Gasteiger partial charge in [-0.1, -0.05) is 6.07 Å². The third kappa shape index (κ3) is 5.27. The van der Waals surface area contributed by atoms with Crippen molar-refractivity contribution >= 4 is 17.5 Å². The van der Waals surface area contributed by atoms with Crippen molar-refractivity contribution in [3.05, 3.63) is 23.8 Å². The highest BCUT2D eigenvalue weighted by atomic mass is 16.5. The van der Waals surface area contributed by atoms with E-state index in [4.69, 9.17) is 9.84 Å². The molecule has 0 bridgehead atoms. The van der Waals surface area contributed by atoms with Crippen LogP contribution in [0.3, 0.4) is 0 Å². The van der Waals surface area contributed by atoms with Gasteiger partial charge in [0.05, 0.1) is 25.3 Å². The summed E-state index contributed by atoms with van der Waals surface area (Å²) in [6.07, 6.45) is -6.72. The number of nitrogens with zero attached hydrogens (tertiary/aromatic N) is 2. The minimum atomic E-state index is -1.77. The first kappa shape index (κ1) is 24.0. The molecule has 1 aliphatic heterocycles. The summed E-state index contributed by atoms with van der Waals surface area (Å²) in [5.41, 5.74) is 1.52. The summed E-state index contributed by atoms with van der Waals surface area (Å²) in [6.45, 7) is 0.914.